The van der Waals surface area contributed by atoms with Crippen LogP contribution in [0.2, 0.25) is 5.02 Å². The van der Waals surface area contributed by atoms with Crippen molar-refractivity contribution < 1.29 is 14.0 Å². The molecule has 8 aliphatic rings. The quantitative estimate of drug-likeness (QED) is 0.346. The zero-order valence-electron chi connectivity index (χ0n) is 25.9. The number of carbonyl (C=O) groups is 2. The van der Waals surface area contributed by atoms with Gasteiger partial charge in [-0.3, -0.25) is 9.59 Å². The van der Waals surface area contributed by atoms with Crippen LogP contribution in [0.1, 0.15) is 56.1 Å². The molecule has 11 heteroatoms. The summed E-state index contributed by atoms with van der Waals surface area (Å²) in [4.78, 5) is 30.5. The van der Waals surface area contributed by atoms with Gasteiger partial charge < -0.3 is 20.4 Å². The van der Waals surface area contributed by atoms with E-state index in [1.165, 1.54) is 10.9 Å². The van der Waals surface area contributed by atoms with Gasteiger partial charge in [0.05, 0.1) is 6.54 Å². The Bertz CT molecular complexity index is 1430. The molecule has 4 fully saturated rings. The number of nitrogens with one attached hydrogen (secondary N) is 2. The lowest BCUT2D eigenvalue weighted by molar-refractivity contribution is -0.135. The normalized spacial score (nSPS) is 34.5. The van der Waals surface area contributed by atoms with Crippen molar-refractivity contribution in [3.8, 4) is 0 Å². The fraction of sp³-hybridized carbons (Fsp3) is 0.576. The van der Waals surface area contributed by atoms with Crippen molar-refractivity contribution in [3.05, 3.63) is 58.6 Å². The smallest absolute Gasteiger partial charge is 0.242 e. The number of amides is 2. The second kappa shape index (κ2) is 11.6. The van der Waals surface area contributed by atoms with E-state index in [9.17, 15) is 9.59 Å². The van der Waals surface area contributed by atoms with Gasteiger partial charge in [0.2, 0.25) is 11.8 Å². The van der Waals surface area contributed by atoms with E-state index >= 15 is 4.39 Å². The zero-order valence-corrected chi connectivity index (χ0v) is 27.7. The van der Waals surface area contributed by atoms with E-state index < -0.39 is 5.67 Å². The van der Waals surface area contributed by atoms with E-state index in [4.69, 9.17) is 11.6 Å². The van der Waals surface area contributed by atoms with Crippen LogP contribution in [0, 0.1) is 17.3 Å². The minimum Gasteiger partial charge on any atom is -0.381 e. The minimum atomic E-state index is -1.11. The van der Waals surface area contributed by atoms with Gasteiger partial charge in [-0.1, -0.05) is 44.4 Å². The number of hydrogen-bond acceptors (Lipinski definition) is 4. The predicted molar refractivity (Wildman–Crippen MR) is 182 cm³/mol. The minimum absolute atomic E-state index is 0.0255. The molecule has 3 aliphatic carbocycles. The highest BCUT2D eigenvalue weighted by atomic mass is 35.5. The first-order valence-corrected chi connectivity index (χ1v) is 17.9. The molecule has 5 aliphatic heterocycles. The number of rotatable bonds is 0. The summed E-state index contributed by atoms with van der Waals surface area (Å²) in [7, 11) is 5.07. The molecule has 2 aromatic carbocycles. The molecule has 4 atom stereocenters. The first kappa shape index (κ1) is 30.6. The van der Waals surface area contributed by atoms with Crippen LogP contribution < -0.4 is 15.9 Å². The molecule has 1 saturated heterocycles. The molecule has 6 nitrogen and oxygen atoms in total. The molecule has 0 radical (unpaired) electrons. The maximum Gasteiger partial charge on any atom is 0.242 e. The third-order valence-corrected chi connectivity index (χ3v) is 13.8. The molecule has 2 aromatic rings. The predicted octanol–water partition coefficient (Wildman–Crippen LogP) is 2.97. The van der Waals surface area contributed by atoms with Gasteiger partial charge >= 0.3 is 0 Å². The number of alkyl halides is 1. The van der Waals surface area contributed by atoms with Gasteiger partial charge in [-0.2, -0.15) is 0 Å². The molecular weight excluding hydrogens is 591 g/mol. The van der Waals surface area contributed by atoms with Crippen molar-refractivity contribution in [2.75, 3.05) is 38.0 Å². The molecule has 4 unspecified atom stereocenters. The molecule has 2 N–H and O–H groups in total. The fourth-order valence-corrected chi connectivity index (χ4v) is 10.4. The summed E-state index contributed by atoms with van der Waals surface area (Å²) >= 11 is 6.51. The molecule has 44 heavy (non-hydrogen) atoms. The van der Waals surface area contributed by atoms with E-state index in [0.29, 0.717) is 51.7 Å². The third-order valence-electron chi connectivity index (χ3n) is 11.8. The monoisotopic (exact) mass is 634 g/mol. The highest BCUT2D eigenvalue weighted by molar-refractivity contribution is 7.48. The second-order valence-electron chi connectivity index (χ2n) is 14.5. The van der Waals surface area contributed by atoms with Crippen molar-refractivity contribution in [2.24, 2.45) is 17.3 Å². The van der Waals surface area contributed by atoms with Crippen molar-refractivity contribution in [1.29, 1.82) is 0 Å². The number of nitrogens with zero attached hydrogens (tertiary/aromatic N) is 2. The summed E-state index contributed by atoms with van der Waals surface area (Å²) in [5, 5.41) is 8.32. The third kappa shape index (κ3) is 5.71. The van der Waals surface area contributed by atoms with Crippen LogP contribution in [0.4, 0.5) is 10.1 Å². The van der Waals surface area contributed by atoms with Crippen LogP contribution in [0.5, 0.6) is 0 Å². The number of benzene rings is 2. The number of carbonyl (C=O) groups excluding carboxylic acids is 2. The number of fused-ring (bicyclic) bond motifs is 3. The lowest BCUT2D eigenvalue weighted by Gasteiger charge is -2.49. The van der Waals surface area contributed by atoms with Crippen molar-refractivity contribution in [3.63, 3.8) is 0 Å². The van der Waals surface area contributed by atoms with Crippen LogP contribution in [-0.2, 0) is 21.5 Å². The molecule has 232 valence electrons. The van der Waals surface area contributed by atoms with Gasteiger partial charge in [0, 0.05) is 49.4 Å². The zero-order chi connectivity index (χ0) is 30.7. The summed E-state index contributed by atoms with van der Waals surface area (Å²) in [6, 6.07) is 14.9. The maximum atomic E-state index is 16.4. The maximum absolute atomic E-state index is 16.4. The van der Waals surface area contributed by atoms with Gasteiger partial charge in [-0.05, 0) is 102 Å². The molecule has 6 bridgehead atoms. The average molecular weight is 635 g/mol. The van der Waals surface area contributed by atoms with E-state index in [1.807, 2.05) is 11.0 Å². The van der Waals surface area contributed by atoms with Crippen LogP contribution in [-0.4, -0.2) is 81.4 Å². The van der Waals surface area contributed by atoms with Crippen molar-refractivity contribution in [1.82, 2.24) is 15.1 Å². The van der Waals surface area contributed by atoms with Crippen LogP contribution in [0.15, 0.2) is 42.5 Å². The Morgan fingerprint density at radius 1 is 0.909 bits per heavy atom. The van der Waals surface area contributed by atoms with Gasteiger partial charge in [0.25, 0.3) is 0 Å². The molecule has 3 saturated carbocycles. The Morgan fingerprint density at radius 2 is 1.64 bits per heavy atom. The first-order valence-electron chi connectivity index (χ1n) is 16.5. The fourth-order valence-electron chi connectivity index (χ4n) is 8.49. The Kier molecular flexibility index (Phi) is 8.07. The molecular formula is C33H43B2ClFN4O2P. The van der Waals surface area contributed by atoms with Gasteiger partial charge in [0.15, 0.2) is 0 Å². The Morgan fingerprint density at radius 3 is 2.32 bits per heavy atom. The van der Waals surface area contributed by atoms with Crippen molar-refractivity contribution >= 4 is 58.7 Å². The lowest BCUT2D eigenvalue weighted by Crippen LogP contribution is -2.58. The van der Waals surface area contributed by atoms with Crippen molar-refractivity contribution in [2.45, 2.75) is 68.2 Å². The number of anilines is 1. The number of halogens is 2. The standard InChI is InChI=1S/C33H43B2ClFN4O2P/c34-33(35)25-17-22(36)3-7-27(25)38-19-21-1-4-23(5-2-21)44-28-8-6-24(28)32(37)11-9-31(10-12-32)18-26(31)30(43)39-20-29(42)40-13-15-41(33)16-14-40/h1-5,7,17,24,26,28,38,44H,6,8-16,18-20,34-35H2,(H,39,43). The topological polar surface area (TPSA) is 64.7 Å². The Labute approximate surface area is 269 Å². The Hall–Kier alpha value is -2.08. The molecule has 10 rings (SSSR count). The summed E-state index contributed by atoms with van der Waals surface area (Å²) in [5.41, 5.74) is 2.64. The Balaban J connectivity index is 1.12. The van der Waals surface area contributed by atoms with E-state index in [-0.39, 0.29) is 40.9 Å². The molecule has 5 heterocycles. The van der Waals surface area contributed by atoms with E-state index in [2.05, 4.69) is 67.6 Å². The first-order chi connectivity index (χ1) is 21.1. The summed E-state index contributed by atoms with van der Waals surface area (Å²) in [6.45, 7) is 3.43. The van der Waals surface area contributed by atoms with Gasteiger partial charge in [-0.25, -0.2) is 4.39 Å². The van der Waals surface area contributed by atoms with Crippen LogP contribution in [0.3, 0.4) is 0 Å². The lowest BCUT2D eigenvalue weighted by atomic mass is 9.56. The molecule has 2 amide bonds. The highest BCUT2D eigenvalue weighted by Gasteiger charge is 2.62. The van der Waals surface area contributed by atoms with Gasteiger partial charge in [-0.15, -0.1) is 0 Å². The average Bonchev–Trinajstić information content (AvgIpc) is 3.73. The second-order valence-corrected chi connectivity index (χ2v) is 16.5. The SMILES string of the molecule is BC1(B)c2cc(Cl)ccc2NCc2ccc(cc2)PC2CCC2C2(F)CCC3(CC2)CC3C(=O)NCC(=O)N2CCN1CC2. The number of hydrogen-bond donors (Lipinski definition) is 2. The summed E-state index contributed by atoms with van der Waals surface area (Å²) in [5.74, 6) is -0.00728. The molecule has 1 spiro atoms. The largest absolute Gasteiger partial charge is 0.381 e. The van der Waals surface area contributed by atoms with Crippen LogP contribution in [0.25, 0.3) is 0 Å². The van der Waals surface area contributed by atoms with E-state index in [1.54, 1.807) is 0 Å². The number of piperazine rings is 1. The van der Waals surface area contributed by atoms with Gasteiger partial charge in [0.1, 0.15) is 21.4 Å². The molecule has 0 aromatic heterocycles. The highest BCUT2D eigenvalue weighted by Crippen LogP contribution is 2.65. The van der Waals surface area contributed by atoms with Crippen LogP contribution >= 0.6 is 20.2 Å². The summed E-state index contributed by atoms with van der Waals surface area (Å²) in [6.07, 6.45) is 5.62. The summed E-state index contributed by atoms with van der Waals surface area (Å²) < 4.78 is 16.4. The van der Waals surface area contributed by atoms with E-state index in [0.717, 1.165) is 56.4 Å².